The predicted octanol–water partition coefficient (Wildman–Crippen LogP) is 4.06. The van der Waals surface area contributed by atoms with Gasteiger partial charge in [0.15, 0.2) is 0 Å². The number of likely N-dealkylation sites (tertiary alicyclic amines) is 1. The molecule has 4 nitrogen and oxygen atoms in total. The van der Waals surface area contributed by atoms with Crippen molar-refractivity contribution in [2.45, 2.75) is 37.7 Å². The van der Waals surface area contributed by atoms with E-state index < -0.39 is 5.60 Å². The topological polar surface area (TPSA) is 52.6 Å². The van der Waals surface area contributed by atoms with Gasteiger partial charge in [-0.1, -0.05) is 18.6 Å². The lowest BCUT2D eigenvalue weighted by atomic mass is 9.69. The molecule has 1 aliphatic heterocycles. The third-order valence-corrected chi connectivity index (χ3v) is 6.47. The van der Waals surface area contributed by atoms with Crippen molar-refractivity contribution in [1.82, 2.24) is 4.90 Å². The average molecular weight is 330 g/mol. The van der Waals surface area contributed by atoms with Crippen molar-refractivity contribution in [1.29, 1.82) is 0 Å². The molecule has 2 heterocycles. The smallest absolute Gasteiger partial charge is 0.321 e. The quantitative estimate of drug-likeness (QED) is 0.872. The number of urea groups is 1. The first-order valence-corrected chi connectivity index (χ1v) is 9.28. The molecule has 2 aromatic rings. The molecule has 2 fully saturated rings. The van der Waals surface area contributed by atoms with Gasteiger partial charge in [0.2, 0.25) is 0 Å². The normalized spacial score (nSPS) is 21.2. The minimum absolute atomic E-state index is 0.0541. The summed E-state index contributed by atoms with van der Waals surface area (Å²) in [7, 11) is 0. The van der Waals surface area contributed by atoms with Gasteiger partial charge in [0.05, 0.1) is 16.0 Å². The maximum atomic E-state index is 12.5. The minimum Gasteiger partial charge on any atom is -0.389 e. The Kier molecular flexibility index (Phi) is 3.77. The SMILES string of the molecule is O=C(Nc1cccc2ccsc12)N1CCC(O)(C2CCC2)CC1. The van der Waals surface area contributed by atoms with Crippen LogP contribution in [0.5, 0.6) is 0 Å². The second-order valence-electron chi connectivity index (χ2n) is 6.79. The van der Waals surface area contributed by atoms with Crippen LogP contribution in [-0.2, 0) is 0 Å². The van der Waals surface area contributed by atoms with E-state index in [9.17, 15) is 9.90 Å². The summed E-state index contributed by atoms with van der Waals surface area (Å²) < 4.78 is 1.11. The number of amides is 2. The van der Waals surface area contributed by atoms with Crippen molar-refractivity contribution in [2.75, 3.05) is 18.4 Å². The molecule has 0 radical (unpaired) electrons. The Hall–Kier alpha value is -1.59. The van der Waals surface area contributed by atoms with E-state index in [1.807, 2.05) is 22.4 Å². The molecule has 5 heteroatoms. The van der Waals surface area contributed by atoms with E-state index in [0.717, 1.165) is 28.6 Å². The van der Waals surface area contributed by atoms with Gasteiger partial charge in [0.1, 0.15) is 0 Å². The van der Waals surface area contributed by atoms with Crippen molar-refractivity contribution in [3.63, 3.8) is 0 Å². The summed E-state index contributed by atoms with van der Waals surface area (Å²) in [5, 5.41) is 17.0. The number of hydrogen-bond acceptors (Lipinski definition) is 3. The summed E-state index contributed by atoms with van der Waals surface area (Å²) in [4.78, 5) is 14.4. The summed E-state index contributed by atoms with van der Waals surface area (Å²) in [6.45, 7) is 1.28. The first-order valence-electron chi connectivity index (χ1n) is 8.40. The van der Waals surface area contributed by atoms with Crippen LogP contribution in [0.15, 0.2) is 29.6 Å². The zero-order valence-corrected chi connectivity index (χ0v) is 13.9. The highest BCUT2D eigenvalue weighted by Crippen LogP contribution is 2.42. The second kappa shape index (κ2) is 5.80. The molecule has 2 aliphatic rings. The molecule has 2 amide bonds. The molecule has 1 saturated heterocycles. The summed E-state index contributed by atoms with van der Waals surface area (Å²) >= 11 is 1.64. The van der Waals surface area contributed by atoms with Crippen molar-refractivity contribution < 1.29 is 9.90 Å². The van der Waals surface area contributed by atoms with Gasteiger partial charge in [0.25, 0.3) is 0 Å². The minimum atomic E-state index is -0.539. The van der Waals surface area contributed by atoms with Crippen molar-refractivity contribution in [3.05, 3.63) is 29.6 Å². The molecule has 2 N–H and O–H groups in total. The Morgan fingerprint density at radius 1 is 1.26 bits per heavy atom. The molecule has 23 heavy (non-hydrogen) atoms. The summed E-state index contributed by atoms with van der Waals surface area (Å²) in [5.74, 6) is 0.451. The van der Waals surface area contributed by atoms with E-state index in [0.29, 0.717) is 31.8 Å². The fraction of sp³-hybridized carbons (Fsp3) is 0.500. The van der Waals surface area contributed by atoms with Crippen molar-refractivity contribution in [2.24, 2.45) is 5.92 Å². The largest absolute Gasteiger partial charge is 0.389 e. The Labute approximate surface area is 140 Å². The third kappa shape index (κ3) is 2.72. The number of benzene rings is 1. The van der Waals surface area contributed by atoms with Crippen LogP contribution in [0.25, 0.3) is 10.1 Å². The maximum absolute atomic E-state index is 12.5. The van der Waals surface area contributed by atoms with Gasteiger partial charge >= 0.3 is 6.03 Å². The highest BCUT2D eigenvalue weighted by Gasteiger charge is 2.42. The van der Waals surface area contributed by atoms with Crippen LogP contribution in [0.3, 0.4) is 0 Å². The molecular formula is C18H22N2O2S. The maximum Gasteiger partial charge on any atom is 0.321 e. The van der Waals surface area contributed by atoms with Crippen LogP contribution in [0.4, 0.5) is 10.5 Å². The lowest BCUT2D eigenvalue weighted by Crippen LogP contribution is -2.52. The third-order valence-electron chi connectivity index (χ3n) is 5.50. The van der Waals surface area contributed by atoms with Crippen LogP contribution in [0.1, 0.15) is 32.1 Å². The van der Waals surface area contributed by atoms with E-state index in [2.05, 4.69) is 17.4 Å². The zero-order valence-electron chi connectivity index (χ0n) is 13.1. The highest BCUT2D eigenvalue weighted by atomic mass is 32.1. The van der Waals surface area contributed by atoms with Gasteiger partial charge in [-0.25, -0.2) is 4.79 Å². The molecule has 1 aromatic heterocycles. The van der Waals surface area contributed by atoms with Gasteiger partial charge < -0.3 is 15.3 Å². The molecule has 0 spiro atoms. The number of anilines is 1. The van der Waals surface area contributed by atoms with E-state index >= 15 is 0 Å². The molecule has 0 unspecified atom stereocenters. The average Bonchev–Trinajstić information content (AvgIpc) is 2.95. The Morgan fingerprint density at radius 3 is 2.74 bits per heavy atom. The molecular weight excluding hydrogens is 308 g/mol. The van der Waals surface area contributed by atoms with Crippen molar-refractivity contribution >= 4 is 33.1 Å². The number of thiophene rings is 1. The molecule has 1 saturated carbocycles. The number of hydrogen-bond donors (Lipinski definition) is 2. The number of aliphatic hydroxyl groups is 1. The monoisotopic (exact) mass is 330 g/mol. The molecule has 1 aliphatic carbocycles. The van der Waals surface area contributed by atoms with Gasteiger partial charge in [-0.15, -0.1) is 11.3 Å². The Morgan fingerprint density at radius 2 is 2.04 bits per heavy atom. The first kappa shape index (κ1) is 15.0. The lowest BCUT2D eigenvalue weighted by molar-refractivity contribution is -0.0845. The van der Waals surface area contributed by atoms with Crippen LogP contribution in [0, 0.1) is 5.92 Å². The van der Waals surface area contributed by atoms with E-state index in [4.69, 9.17) is 0 Å². The van der Waals surface area contributed by atoms with Gasteiger partial charge in [-0.3, -0.25) is 0 Å². The molecule has 122 valence electrons. The van der Waals surface area contributed by atoms with Crippen LogP contribution in [0.2, 0.25) is 0 Å². The summed E-state index contributed by atoms with van der Waals surface area (Å²) in [6.07, 6.45) is 4.93. The Bertz CT molecular complexity index is 715. The van der Waals surface area contributed by atoms with Crippen LogP contribution < -0.4 is 5.32 Å². The van der Waals surface area contributed by atoms with E-state index in [-0.39, 0.29) is 6.03 Å². The van der Waals surface area contributed by atoms with E-state index in [1.54, 1.807) is 11.3 Å². The lowest BCUT2D eigenvalue weighted by Gasteiger charge is -2.46. The molecule has 0 atom stereocenters. The number of nitrogens with zero attached hydrogens (tertiary/aromatic N) is 1. The standard InChI is InChI=1S/C18H22N2O2S/c21-17(19-15-6-1-3-13-7-12-23-16(13)15)20-10-8-18(22,9-11-20)14-4-2-5-14/h1,3,6-7,12,14,22H,2,4-5,8-11H2,(H,19,21). The van der Waals surface area contributed by atoms with E-state index in [1.165, 1.54) is 6.42 Å². The van der Waals surface area contributed by atoms with Gasteiger partial charge in [-0.05, 0) is 54.5 Å². The summed E-state index contributed by atoms with van der Waals surface area (Å²) in [6, 6.07) is 7.99. The fourth-order valence-electron chi connectivity index (χ4n) is 3.74. The fourth-order valence-corrected chi connectivity index (χ4v) is 4.61. The number of rotatable bonds is 2. The van der Waals surface area contributed by atoms with Crippen molar-refractivity contribution in [3.8, 4) is 0 Å². The van der Waals surface area contributed by atoms with Gasteiger partial charge in [-0.2, -0.15) is 0 Å². The molecule has 1 aromatic carbocycles. The second-order valence-corrected chi connectivity index (χ2v) is 7.71. The van der Waals surface area contributed by atoms with Crippen LogP contribution >= 0.6 is 11.3 Å². The molecule has 0 bridgehead atoms. The molecule has 4 rings (SSSR count). The van der Waals surface area contributed by atoms with Gasteiger partial charge in [0, 0.05) is 13.1 Å². The zero-order chi connectivity index (χ0) is 15.9. The number of carbonyl (C=O) groups excluding carboxylic acids is 1. The number of piperidine rings is 1. The number of nitrogens with one attached hydrogen (secondary N) is 1. The Balaban J connectivity index is 1.41. The predicted molar refractivity (Wildman–Crippen MR) is 93.9 cm³/mol. The summed E-state index contributed by atoms with van der Waals surface area (Å²) in [5.41, 5.74) is 0.338. The first-order chi connectivity index (χ1) is 11.2. The number of fused-ring (bicyclic) bond motifs is 1. The van der Waals surface area contributed by atoms with Crippen LogP contribution in [-0.4, -0.2) is 34.7 Å². The highest BCUT2D eigenvalue weighted by molar-refractivity contribution is 7.17. The number of carbonyl (C=O) groups is 1.